The SMILES string of the molecule is CSC1CCCN(c2cc(F)cc(CN)c2)CC1. The number of nitrogens with two attached hydrogens (primary N) is 1. The van der Waals surface area contributed by atoms with E-state index in [1.807, 2.05) is 17.8 Å². The van der Waals surface area contributed by atoms with Gasteiger partial charge < -0.3 is 10.6 Å². The van der Waals surface area contributed by atoms with Gasteiger partial charge in [-0.05, 0) is 49.3 Å². The molecule has 1 aliphatic rings. The second-order valence-electron chi connectivity index (χ2n) is 4.80. The molecule has 0 spiro atoms. The highest BCUT2D eigenvalue weighted by molar-refractivity contribution is 7.99. The van der Waals surface area contributed by atoms with Crippen LogP contribution >= 0.6 is 11.8 Å². The highest BCUT2D eigenvalue weighted by Crippen LogP contribution is 2.26. The van der Waals surface area contributed by atoms with E-state index < -0.39 is 0 Å². The van der Waals surface area contributed by atoms with Crippen molar-refractivity contribution >= 4 is 17.4 Å². The summed E-state index contributed by atoms with van der Waals surface area (Å²) in [5.74, 6) is -0.182. The summed E-state index contributed by atoms with van der Waals surface area (Å²) in [6.45, 7) is 2.43. The molecule has 0 aromatic heterocycles. The lowest BCUT2D eigenvalue weighted by atomic mass is 10.1. The molecule has 4 heteroatoms. The minimum atomic E-state index is -0.182. The Hall–Kier alpha value is -0.740. The van der Waals surface area contributed by atoms with Crippen molar-refractivity contribution in [2.45, 2.75) is 31.1 Å². The molecule has 0 amide bonds. The van der Waals surface area contributed by atoms with E-state index in [2.05, 4.69) is 11.2 Å². The second kappa shape index (κ2) is 6.43. The van der Waals surface area contributed by atoms with Gasteiger partial charge in [-0.1, -0.05) is 0 Å². The molecule has 0 saturated carbocycles. The predicted molar refractivity (Wildman–Crippen MR) is 77.7 cm³/mol. The molecule has 1 unspecified atom stereocenters. The third-order valence-corrected chi connectivity index (χ3v) is 4.69. The number of hydrogen-bond donors (Lipinski definition) is 1. The fourth-order valence-electron chi connectivity index (χ4n) is 2.49. The van der Waals surface area contributed by atoms with Gasteiger partial charge in [0.15, 0.2) is 0 Å². The molecule has 1 heterocycles. The van der Waals surface area contributed by atoms with Crippen LogP contribution in [-0.4, -0.2) is 24.6 Å². The number of halogens is 1. The van der Waals surface area contributed by atoms with Crippen molar-refractivity contribution in [1.29, 1.82) is 0 Å². The molecule has 0 bridgehead atoms. The smallest absolute Gasteiger partial charge is 0.125 e. The molecular weight excluding hydrogens is 247 g/mol. The Balaban J connectivity index is 2.13. The molecule has 1 fully saturated rings. The Morgan fingerprint density at radius 2 is 2.17 bits per heavy atom. The van der Waals surface area contributed by atoms with Crippen LogP contribution in [0.5, 0.6) is 0 Å². The van der Waals surface area contributed by atoms with Gasteiger partial charge in [-0.3, -0.25) is 0 Å². The monoisotopic (exact) mass is 268 g/mol. The van der Waals surface area contributed by atoms with Crippen molar-refractivity contribution in [1.82, 2.24) is 0 Å². The van der Waals surface area contributed by atoms with Crippen LogP contribution in [0.4, 0.5) is 10.1 Å². The van der Waals surface area contributed by atoms with Gasteiger partial charge in [-0.2, -0.15) is 11.8 Å². The lowest BCUT2D eigenvalue weighted by Gasteiger charge is -2.23. The summed E-state index contributed by atoms with van der Waals surface area (Å²) in [5, 5.41) is 0.748. The molecular formula is C14H21FN2S. The first-order chi connectivity index (χ1) is 8.72. The first-order valence-electron chi connectivity index (χ1n) is 6.50. The van der Waals surface area contributed by atoms with Gasteiger partial charge in [0.1, 0.15) is 5.82 Å². The maximum atomic E-state index is 13.5. The molecule has 18 heavy (non-hydrogen) atoms. The van der Waals surface area contributed by atoms with Crippen LogP contribution < -0.4 is 10.6 Å². The van der Waals surface area contributed by atoms with Gasteiger partial charge in [-0.25, -0.2) is 4.39 Å². The average Bonchev–Trinajstić information content (AvgIpc) is 2.63. The maximum Gasteiger partial charge on any atom is 0.125 e. The van der Waals surface area contributed by atoms with E-state index in [4.69, 9.17) is 5.73 Å². The third-order valence-electron chi connectivity index (χ3n) is 3.55. The van der Waals surface area contributed by atoms with E-state index in [9.17, 15) is 4.39 Å². The van der Waals surface area contributed by atoms with Gasteiger partial charge in [-0.15, -0.1) is 0 Å². The van der Waals surface area contributed by atoms with Gasteiger partial charge in [0.05, 0.1) is 0 Å². The molecule has 2 rings (SSSR count). The normalized spacial score (nSPS) is 20.8. The van der Waals surface area contributed by atoms with Gasteiger partial charge in [0, 0.05) is 30.6 Å². The van der Waals surface area contributed by atoms with Crippen molar-refractivity contribution in [3.05, 3.63) is 29.6 Å². The Kier molecular flexibility index (Phi) is 4.89. The zero-order valence-electron chi connectivity index (χ0n) is 10.9. The number of nitrogens with zero attached hydrogens (tertiary/aromatic N) is 1. The van der Waals surface area contributed by atoms with E-state index in [0.717, 1.165) is 29.6 Å². The Labute approximate surface area is 113 Å². The molecule has 1 saturated heterocycles. The van der Waals surface area contributed by atoms with Crippen LogP contribution in [0, 0.1) is 5.82 Å². The Morgan fingerprint density at radius 3 is 2.89 bits per heavy atom. The topological polar surface area (TPSA) is 29.3 Å². The molecule has 2 nitrogen and oxygen atoms in total. The molecule has 1 aliphatic heterocycles. The first kappa shape index (κ1) is 13.7. The van der Waals surface area contributed by atoms with Gasteiger partial charge >= 0.3 is 0 Å². The fourth-order valence-corrected chi connectivity index (χ4v) is 3.24. The number of thioether (sulfide) groups is 1. The highest BCUT2D eigenvalue weighted by atomic mass is 32.2. The predicted octanol–water partition coefficient (Wildman–Crippen LogP) is 3.01. The quantitative estimate of drug-likeness (QED) is 0.913. The number of anilines is 1. The van der Waals surface area contributed by atoms with Crippen molar-refractivity contribution in [3.63, 3.8) is 0 Å². The van der Waals surface area contributed by atoms with Crippen LogP contribution in [0.3, 0.4) is 0 Å². The summed E-state index contributed by atoms with van der Waals surface area (Å²) >= 11 is 1.95. The van der Waals surface area contributed by atoms with Crippen molar-refractivity contribution < 1.29 is 4.39 Å². The van der Waals surface area contributed by atoms with Crippen molar-refractivity contribution in [3.8, 4) is 0 Å². The largest absolute Gasteiger partial charge is 0.371 e. The van der Waals surface area contributed by atoms with Crippen molar-refractivity contribution in [2.75, 3.05) is 24.2 Å². The summed E-state index contributed by atoms with van der Waals surface area (Å²) in [5.41, 5.74) is 7.46. The maximum absolute atomic E-state index is 13.5. The van der Waals surface area contributed by atoms with E-state index >= 15 is 0 Å². The molecule has 1 atom stereocenters. The molecule has 0 radical (unpaired) electrons. The standard InChI is InChI=1S/C14H21FN2S/c1-18-14-3-2-5-17(6-4-14)13-8-11(10-16)7-12(15)9-13/h7-9,14H,2-6,10,16H2,1H3. The first-order valence-corrected chi connectivity index (χ1v) is 7.79. The number of benzene rings is 1. The van der Waals surface area contributed by atoms with E-state index in [0.29, 0.717) is 6.54 Å². The fraction of sp³-hybridized carbons (Fsp3) is 0.571. The summed E-state index contributed by atoms with van der Waals surface area (Å²) in [7, 11) is 0. The summed E-state index contributed by atoms with van der Waals surface area (Å²) in [4.78, 5) is 2.29. The van der Waals surface area contributed by atoms with E-state index in [-0.39, 0.29) is 5.82 Å². The number of hydrogen-bond acceptors (Lipinski definition) is 3. The molecule has 0 aliphatic carbocycles. The average molecular weight is 268 g/mol. The summed E-state index contributed by atoms with van der Waals surface area (Å²) < 4.78 is 13.5. The molecule has 1 aromatic rings. The van der Waals surface area contributed by atoms with Crippen LogP contribution in [0.15, 0.2) is 18.2 Å². The zero-order valence-corrected chi connectivity index (χ0v) is 11.7. The van der Waals surface area contributed by atoms with Crippen LogP contribution in [0.2, 0.25) is 0 Å². The minimum absolute atomic E-state index is 0.182. The van der Waals surface area contributed by atoms with Crippen LogP contribution in [0.25, 0.3) is 0 Å². The Bertz CT molecular complexity index is 397. The molecule has 100 valence electrons. The molecule has 1 aromatic carbocycles. The third kappa shape index (κ3) is 3.39. The van der Waals surface area contributed by atoms with E-state index in [1.165, 1.54) is 25.3 Å². The van der Waals surface area contributed by atoms with Crippen molar-refractivity contribution in [2.24, 2.45) is 5.73 Å². The zero-order chi connectivity index (χ0) is 13.0. The minimum Gasteiger partial charge on any atom is -0.371 e. The number of rotatable bonds is 3. The molecule has 2 N–H and O–H groups in total. The summed E-state index contributed by atoms with van der Waals surface area (Å²) in [6.07, 6.45) is 5.79. The van der Waals surface area contributed by atoms with Crippen LogP contribution in [-0.2, 0) is 6.54 Å². The van der Waals surface area contributed by atoms with Crippen LogP contribution in [0.1, 0.15) is 24.8 Å². The van der Waals surface area contributed by atoms with Gasteiger partial charge in [0.2, 0.25) is 0 Å². The summed E-state index contributed by atoms with van der Waals surface area (Å²) in [6, 6.07) is 5.16. The Morgan fingerprint density at radius 1 is 1.33 bits per heavy atom. The second-order valence-corrected chi connectivity index (χ2v) is 5.94. The lowest BCUT2D eigenvalue weighted by molar-refractivity contribution is 0.624. The highest BCUT2D eigenvalue weighted by Gasteiger charge is 2.17. The lowest BCUT2D eigenvalue weighted by Crippen LogP contribution is -2.24. The van der Waals surface area contributed by atoms with E-state index in [1.54, 1.807) is 6.07 Å². The van der Waals surface area contributed by atoms with Gasteiger partial charge in [0.25, 0.3) is 0 Å².